The third-order valence-corrected chi connectivity index (χ3v) is 4.01. The number of aromatic nitrogens is 1. The number of hydrogen-bond acceptors (Lipinski definition) is 1. The molecule has 2 aromatic carbocycles. The monoisotopic (exact) mass is 343 g/mol. The molecule has 0 saturated heterocycles. The molecule has 0 radical (unpaired) electrons. The van der Waals surface area contributed by atoms with Gasteiger partial charge in [0.05, 0.1) is 6.61 Å². The third kappa shape index (κ3) is 3.30. The zero-order chi connectivity index (χ0) is 14.7. The van der Waals surface area contributed by atoms with Crippen molar-refractivity contribution in [1.82, 2.24) is 4.57 Å². The van der Waals surface area contributed by atoms with E-state index in [9.17, 15) is 0 Å². The van der Waals surface area contributed by atoms with Crippen molar-refractivity contribution < 1.29 is 4.74 Å². The lowest BCUT2D eigenvalue weighted by molar-refractivity contribution is 0.318. The van der Waals surface area contributed by atoms with Crippen molar-refractivity contribution in [1.29, 1.82) is 0 Å². The Morgan fingerprint density at radius 3 is 2.62 bits per heavy atom. The van der Waals surface area contributed by atoms with Crippen molar-refractivity contribution in [3.63, 3.8) is 0 Å². The van der Waals surface area contributed by atoms with E-state index >= 15 is 0 Å². The van der Waals surface area contributed by atoms with Crippen molar-refractivity contribution in [3.8, 4) is 5.75 Å². The molecule has 1 aromatic heterocycles. The molecule has 0 N–H and O–H groups in total. The summed E-state index contributed by atoms with van der Waals surface area (Å²) >= 11 is 3.47. The van der Waals surface area contributed by atoms with Gasteiger partial charge in [-0.05, 0) is 48.4 Å². The maximum absolute atomic E-state index is 5.69. The zero-order valence-electron chi connectivity index (χ0n) is 12.1. The molecular weight excluding hydrogens is 326 g/mol. The van der Waals surface area contributed by atoms with Crippen molar-refractivity contribution in [2.24, 2.45) is 0 Å². The Bertz CT molecular complexity index is 731. The number of ether oxygens (including phenoxy) is 1. The van der Waals surface area contributed by atoms with Gasteiger partial charge >= 0.3 is 0 Å². The van der Waals surface area contributed by atoms with Crippen LogP contribution in [0.25, 0.3) is 10.9 Å². The van der Waals surface area contributed by atoms with Crippen LogP contribution in [0.4, 0.5) is 0 Å². The first-order valence-electron chi connectivity index (χ1n) is 7.22. The summed E-state index contributed by atoms with van der Waals surface area (Å²) in [5.41, 5.74) is 2.53. The van der Waals surface area contributed by atoms with E-state index in [2.05, 4.69) is 82.1 Å². The van der Waals surface area contributed by atoms with Gasteiger partial charge in [-0.2, -0.15) is 0 Å². The van der Waals surface area contributed by atoms with Crippen molar-refractivity contribution in [2.75, 3.05) is 6.61 Å². The normalized spacial score (nSPS) is 11.0. The Labute approximate surface area is 133 Å². The minimum absolute atomic E-state index is 0.769. The fourth-order valence-electron chi connectivity index (χ4n) is 2.41. The van der Waals surface area contributed by atoms with E-state index in [0.717, 1.165) is 29.8 Å². The van der Waals surface area contributed by atoms with E-state index in [-0.39, 0.29) is 0 Å². The molecule has 0 atom stereocenters. The molecule has 0 aliphatic carbocycles. The van der Waals surface area contributed by atoms with E-state index in [0.29, 0.717) is 0 Å². The highest BCUT2D eigenvalue weighted by molar-refractivity contribution is 9.10. The molecule has 21 heavy (non-hydrogen) atoms. The summed E-state index contributed by atoms with van der Waals surface area (Å²) in [4.78, 5) is 0. The summed E-state index contributed by atoms with van der Waals surface area (Å²) in [7, 11) is 0. The first-order valence-corrected chi connectivity index (χ1v) is 8.01. The summed E-state index contributed by atoms with van der Waals surface area (Å²) in [5.74, 6) is 0.950. The summed E-state index contributed by atoms with van der Waals surface area (Å²) in [6.45, 7) is 3.77. The minimum atomic E-state index is 0.769. The van der Waals surface area contributed by atoms with Gasteiger partial charge in [0.2, 0.25) is 0 Å². The molecule has 3 rings (SSSR count). The van der Waals surface area contributed by atoms with Gasteiger partial charge < -0.3 is 9.30 Å². The standard InChI is InChI=1S/C18H18BrNO/c1-2-11-21-17-7-8-18-15(12-17)9-10-20(18)13-14-3-5-16(19)6-4-14/h3-10,12H,2,11,13H2,1H3. The average molecular weight is 344 g/mol. The largest absolute Gasteiger partial charge is 0.494 e. The highest BCUT2D eigenvalue weighted by Gasteiger charge is 2.04. The SMILES string of the molecule is CCCOc1ccc2c(ccn2Cc2ccc(Br)cc2)c1. The van der Waals surface area contributed by atoms with E-state index in [4.69, 9.17) is 4.74 Å². The van der Waals surface area contributed by atoms with Gasteiger partial charge in [-0.15, -0.1) is 0 Å². The molecule has 0 spiro atoms. The number of benzene rings is 2. The van der Waals surface area contributed by atoms with Gasteiger partial charge in [0, 0.05) is 28.1 Å². The van der Waals surface area contributed by atoms with Crippen molar-refractivity contribution in [3.05, 3.63) is 64.8 Å². The lowest BCUT2D eigenvalue weighted by Gasteiger charge is -2.08. The minimum Gasteiger partial charge on any atom is -0.494 e. The van der Waals surface area contributed by atoms with Gasteiger partial charge in [0.1, 0.15) is 5.75 Å². The summed E-state index contributed by atoms with van der Waals surface area (Å²) < 4.78 is 9.07. The van der Waals surface area contributed by atoms with E-state index < -0.39 is 0 Å². The zero-order valence-corrected chi connectivity index (χ0v) is 13.6. The van der Waals surface area contributed by atoms with Crippen molar-refractivity contribution >= 4 is 26.8 Å². The quantitative estimate of drug-likeness (QED) is 0.617. The Kier molecular flexibility index (Phi) is 4.30. The topological polar surface area (TPSA) is 14.2 Å². The fraction of sp³-hybridized carbons (Fsp3) is 0.222. The molecular formula is C18H18BrNO. The molecule has 0 aliphatic rings. The molecule has 3 aromatic rings. The molecule has 0 saturated carbocycles. The molecule has 108 valence electrons. The van der Waals surface area contributed by atoms with Crippen LogP contribution in [0.15, 0.2) is 59.2 Å². The Morgan fingerprint density at radius 1 is 1.05 bits per heavy atom. The molecule has 0 fully saturated rings. The highest BCUT2D eigenvalue weighted by atomic mass is 79.9. The van der Waals surface area contributed by atoms with Crippen LogP contribution in [0.2, 0.25) is 0 Å². The number of nitrogens with zero attached hydrogens (tertiary/aromatic N) is 1. The molecule has 0 bridgehead atoms. The Balaban J connectivity index is 1.84. The number of fused-ring (bicyclic) bond motifs is 1. The summed E-state index contributed by atoms with van der Waals surface area (Å²) in [6, 6.07) is 16.9. The first kappa shape index (κ1) is 14.2. The number of hydrogen-bond donors (Lipinski definition) is 0. The van der Waals surface area contributed by atoms with E-state index in [1.165, 1.54) is 16.5 Å². The average Bonchev–Trinajstić information content (AvgIpc) is 2.90. The van der Waals surface area contributed by atoms with E-state index in [1.54, 1.807) is 0 Å². The Hall–Kier alpha value is -1.74. The molecule has 3 heteroatoms. The van der Waals surface area contributed by atoms with Gasteiger partial charge in [0.15, 0.2) is 0 Å². The molecule has 1 heterocycles. The number of halogens is 1. The van der Waals surface area contributed by atoms with Crippen LogP contribution in [0.5, 0.6) is 5.75 Å². The van der Waals surface area contributed by atoms with Gasteiger partial charge in [-0.25, -0.2) is 0 Å². The van der Waals surface area contributed by atoms with Crippen LogP contribution in [0.1, 0.15) is 18.9 Å². The third-order valence-electron chi connectivity index (χ3n) is 3.48. The fourth-order valence-corrected chi connectivity index (χ4v) is 2.68. The smallest absolute Gasteiger partial charge is 0.120 e. The van der Waals surface area contributed by atoms with Crippen LogP contribution in [0.3, 0.4) is 0 Å². The maximum atomic E-state index is 5.69. The molecule has 0 aliphatic heterocycles. The number of rotatable bonds is 5. The van der Waals surface area contributed by atoms with Crippen LogP contribution in [-0.4, -0.2) is 11.2 Å². The highest BCUT2D eigenvalue weighted by Crippen LogP contribution is 2.23. The van der Waals surface area contributed by atoms with Gasteiger partial charge in [-0.3, -0.25) is 0 Å². The van der Waals surface area contributed by atoms with Crippen LogP contribution < -0.4 is 4.74 Å². The predicted molar refractivity (Wildman–Crippen MR) is 91.0 cm³/mol. The second-order valence-corrected chi connectivity index (χ2v) is 6.05. The second kappa shape index (κ2) is 6.35. The maximum Gasteiger partial charge on any atom is 0.120 e. The first-order chi connectivity index (χ1) is 10.3. The van der Waals surface area contributed by atoms with Crippen molar-refractivity contribution in [2.45, 2.75) is 19.9 Å². The van der Waals surface area contributed by atoms with Crippen LogP contribution >= 0.6 is 15.9 Å². The van der Waals surface area contributed by atoms with Crippen LogP contribution in [0, 0.1) is 0 Å². The van der Waals surface area contributed by atoms with Gasteiger partial charge in [-0.1, -0.05) is 35.0 Å². The summed E-state index contributed by atoms with van der Waals surface area (Å²) in [5, 5.41) is 1.22. The lowest BCUT2D eigenvalue weighted by Crippen LogP contribution is -1.98. The molecule has 0 unspecified atom stereocenters. The second-order valence-electron chi connectivity index (χ2n) is 5.14. The summed E-state index contributed by atoms with van der Waals surface area (Å²) in [6.07, 6.45) is 3.17. The van der Waals surface area contributed by atoms with Gasteiger partial charge in [0.25, 0.3) is 0 Å². The van der Waals surface area contributed by atoms with Crippen LogP contribution in [-0.2, 0) is 6.54 Å². The van der Waals surface area contributed by atoms with E-state index in [1.807, 2.05) is 0 Å². The Morgan fingerprint density at radius 2 is 1.86 bits per heavy atom. The lowest BCUT2D eigenvalue weighted by atomic mass is 10.2. The molecule has 0 amide bonds. The predicted octanol–water partition coefficient (Wildman–Crippen LogP) is 5.24. The molecule has 2 nitrogen and oxygen atoms in total.